The molecule has 0 atom stereocenters. The van der Waals surface area contributed by atoms with Crippen molar-refractivity contribution < 1.29 is 14.7 Å². The molecule has 1 rings (SSSR count). The summed E-state index contributed by atoms with van der Waals surface area (Å²) in [5, 5.41) is 11.5. The van der Waals surface area contributed by atoms with Crippen molar-refractivity contribution in [2.45, 2.75) is 0 Å². The Labute approximate surface area is 92.2 Å². The number of carbonyl (C=O) groups is 2. The predicted octanol–water partition coefficient (Wildman–Crippen LogP) is 0.433. The van der Waals surface area contributed by atoms with E-state index in [1.807, 2.05) is 0 Å². The molecule has 0 aromatic carbocycles. The molecule has 0 aliphatic rings. The summed E-state index contributed by atoms with van der Waals surface area (Å²) in [6, 6.07) is 4.42. The van der Waals surface area contributed by atoms with E-state index in [1.54, 1.807) is 13.1 Å². The van der Waals surface area contributed by atoms with Crippen molar-refractivity contribution in [1.82, 2.24) is 10.3 Å². The number of carboxylic acid groups (broad SMARTS) is 1. The third-order valence-corrected chi connectivity index (χ3v) is 1.73. The molecule has 1 heterocycles. The summed E-state index contributed by atoms with van der Waals surface area (Å²) in [4.78, 5) is 26.4. The maximum absolute atomic E-state index is 10.8. The molecule has 0 unspecified atom stereocenters. The first-order valence-electron chi connectivity index (χ1n) is 4.47. The Morgan fingerprint density at radius 2 is 2.31 bits per heavy atom. The Hall–Kier alpha value is -2.37. The molecule has 84 valence electrons. The fraction of sp³-hybridized carbons (Fsp3) is 0.100. The number of pyridine rings is 1. The van der Waals surface area contributed by atoms with Crippen LogP contribution in [0.2, 0.25) is 0 Å². The third-order valence-electron chi connectivity index (χ3n) is 1.73. The molecule has 0 spiro atoms. The highest BCUT2D eigenvalue weighted by Gasteiger charge is 2.08. The molecule has 0 radical (unpaired) electrons. The molecule has 0 saturated carbocycles. The first kappa shape index (κ1) is 11.7. The number of amides is 1. The van der Waals surface area contributed by atoms with Crippen LogP contribution >= 0.6 is 0 Å². The van der Waals surface area contributed by atoms with E-state index in [1.165, 1.54) is 29.4 Å². The van der Waals surface area contributed by atoms with Gasteiger partial charge in [0.25, 0.3) is 0 Å². The fourth-order valence-electron chi connectivity index (χ4n) is 1.01. The van der Waals surface area contributed by atoms with Crippen molar-refractivity contribution in [3.63, 3.8) is 0 Å². The molecule has 1 aromatic heterocycles. The van der Waals surface area contributed by atoms with Crippen LogP contribution in [0.1, 0.15) is 10.5 Å². The van der Waals surface area contributed by atoms with E-state index in [9.17, 15) is 9.59 Å². The number of hydrogen-bond donors (Lipinski definition) is 2. The van der Waals surface area contributed by atoms with Gasteiger partial charge in [-0.15, -0.1) is 0 Å². The molecule has 1 aromatic rings. The number of carboxylic acids is 1. The number of nitrogens with one attached hydrogen (secondary N) is 1. The molecule has 0 fully saturated rings. The molecule has 6 nitrogen and oxygen atoms in total. The molecule has 6 heteroatoms. The second-order valence-electron chi connectivity index (χ2n) is 2.80. The highest BCUT2D eigenvalue weighted by atomic mass is 16.4. The van der Waals surface area contributed by atoms with Crippen LogP contribution in [0, 0.1) is 0 Å². The number of hydrogen-bond acceptors (Lipinski definition) is 4. The minimum atomic E-state index is -1.13. The van der Waals surface area contributed by atoms with Crippen LogP contribution < -0.4 is 10.2 Å². The first-order chi connectivity index (χ1) is 7.69. The van der Waals surface area contributed by atoms with Gasteiger partial charge in [-0.1, -0.05) is 6.07 Å². The minimum absolute atomic E-state index is 0.109. The van der Waals surface area contributed by atoms with Gasteiger partial charge in [0, 0.05) is 19.4 Å². The second kappa shape index (κ2) is 5.50. The van der Waals surface area contributed by atoms with Gasteiger partial charge in [0.15, 0.2) is 5.69 Å². The summed E-state index contributed by atoms with van der Waals surface area (Å²) in [5.74, 6) is -0.883. The Morgan fingerprint density at radius 1 is 1.56 bits per heavy atom. The number of aromatic carboxylic acids is 1. The van der Waals surface area contributed by atoms with Crippen molar-refractivity contribution in [1.29, 1.82) is 0 Å². The highest BCUT2D eigenvalue weighted by molar-refractivity contribution is 5.86. The van der Waals surface area contributed by atoms with Gasteiger partial charge in [-0.2, -0.15) is 0 Å². The topological polar surface area (TPSA) is 82.5 Å². The fourth-order valence-corrected chi connectivity index (χ4v) is 1.01. The van der Waals surface area contributed by atoms with Crippen LogP contribution in [0.3, 0.4) is 0 Å². The lowest BCUT2D eigenvalue weighted by Crippen LogP contribution is -2.16. The summed E-state index contributed by atoms with van der Waals surface area (Å²) in [5.41, 5.74) is -0.109. The van der Waals surface area contributed by atoms with Crippen molar-refractivity contribution in [3.8, 4) is 0 Å². The van der Waals surface area contributed by atoms with Gasteiger partial charge in [0.2, 0.25) is 6.41 Å². The van der Waals surface area contributed by atoms with Crippen molar-refractivity contribution in [3.05, 3.63) is 36.3 Å². The van der Waals surface area contributed by atoms with Gasteiger partial charge in [-0.25, -0.2) is 9.78 Å². The maximum Gasteiger partial charge on any atom is 0.354 e. The minimum Gasteiger partial charge on any atom is -0.477 e. The Morgan fingerprint density at radius 3 is 2.88 bits per heavy atom. The summed E-state index contributed by atoms with van der Waals surface area (Å²) >= 11 is 0. The Bertz CT molecular complexity index is 418. The van der Waals surface area contributed by atoms with Gasteiger partial charge in [0.05, 0.1) is 0 Å². The van der Waals surface area contributed by atoms with Crippen LogP contribution in [0.5, 0.6) is 0 Å². The summed E-state index contributed by atoms with van der Waals surface area (Å²) in [6.07, 6.45) is 3.52. The van der Waals surface area contributed by atoms with Crippen LogP contribution in [-0.4, -0.2) is 29.5 Å². The van der Waals surface area contributed by atoms with Gasteiger partial charge >= 0.3 is 5.97 Å². The van der Waals surface area contributed by atoms with Crippen LogP contribution in [0.4, 0.5) is 5.82 Å². The molecule has 0 aliphatic heterocycles. The maximum atomic E-state index is 10.8. The zero-order chi connectivity index (χ0) is 12.0. The predicted molar refractivity (Wildman–Crippen MR) is 57.9 cm³/mol. The quantitative estimate of drug-likeness (QED) is 0.705. The summed E-state index contributed by atoms with van der Waals surface area (Å²) in [6.45, 7) is 0. The van der Waals surface area contributed by atoms with Gasteiger partial charge in [-0.3, -0.25) is 9.69 Å². The Balaban J connectivity index is 3.01. The van der Waals surface area contributed by atoms with Crippen LogP contribution in [0.25, 0.3) is 0 Å². The van der Waals surface area contributed by atoms with Crippen molar-refractivity contribution >= 4 is 18.2 Å². The molecule has 0 saturated heterocycles. The van der Waals surface area contributed by atoms with Crippen molar-refractivity contribution in [2.24, 2.45) is 0 Å². The second-order valence-corrected chi connectivity index (χ2v) is 2.80. The van der Waals surface area contributed by atoms with Gasteiger partial charge in [0.1, 0.15) is 5.82 Å². The highest BCUT2D eigenvalue weighted by Crippen LogP contribution is 2.10. The van der Waals surface area contributed by atoms with Crippen LogP contribution in [0.15, 0.2) is 30.6 Å². The third kappa shape index (κ3) is 2.81. The zero-order valence-corrected chi connectivity index (χ0v) is 8.62. The standard InChI is InChI=1S/C10H11N3O3/c1-11-5-6-13(7-14)9-4-2-3-8(12-9)10(15)16/h2-7,11H,1H3,(H,15,16)/b6-5-. The van der Waals surface area contributed by atoms with E-state index in [0.29, 0.717) is 6.41 Å². The molecular formula is C10H11N3O3. The Kier molecular flexibility index (Phi) is 4.02. The molecule has 16 heavy (non-hydrogen) atoms. The van der Waals surface area contributed by atoms with Gasteiger partial charge < -0.3 is 10.4 Å². The number of nitrogens with zero attached hydrogens (tertiary/aromatic N) is 2. The van der Waals surface area contributed by atoms with E-state index in [-0.39, 0.29) is 11.5 Å². The average molecular weight is 221 g/mol. The van der Waals surface area contributed by atoms with Crippen molar-refractivity contribution in [2.75, 3.05) is 11.9 Å². The first-order valence-corrected chi connectivity index (χ1v) is 4.47. The van der Waals surface area contributed by atoms with E-state index in [2.05, 4.69) is 10.3 Å². The average Bonchev–Trinajstić information content (AvgIpc) is 2.30. The lowest BCUT2D eigenvalue weighted by molar-refractivity contribution is -0.107. The number of rotatable bonds is 5. The monoisotopic (exact) mass is 221 g/mol. The summed E-state index contributed by atoms with van der Waals surface area (Å²) in [7, 11) is 1.68. The van der Waals surface area contributed by atoms with E-state index >= 15 is 0 Å². The number of anilines is 1. The van der Waals surface area contributed by atoms with Crippen LogP contribution in [-0.2, 0) is 4.79 Å². The zero-order valence-electron chi connectivity index (χ0n) is 8.62. The smallest absolute Gasteiger partial charge is 0.354 e. The largest absolute Gasteiger partial charge is 0.477 e. The lowest BCUT2D eigenvalue weighted by Gasteiger charge is -2.10. The molecule has 1 amide bonds. The van der Waals surface area contributed by atoms with E-state index in [0.717, 1.165) is 0 Å². The van der Waals surface area contributed by atoms with E-state index in [4.69, 9.17) is 5.11 Å². The molecule has 0 aliphatic carbocycles. The molecule has 2 N–H and O–H groups in total. The lowest BCUT2D eigenvalue weighted by atomic mass is 10.3. The summed E-state index contributed by atoms with van der Waals surface area (Å²) < 4.78 is 0. The molecular weight excluding hydrogens is 210 g/mol. The number of carbonyl (C=O) groups excluding carboxylic acids is 1. The normalized spacial score (nSPS) is 10.1. The molecule has 0 bridgehead atoms. The van der Waals surface area contributed by atoms with Gasteiger partial charge in [-0.05, 0) is 12.1 Å². The SMILES string of the molecule is CN/C=C\N(C=O)c1cccc(C(=O)O)n1. The number of aromatic nitrogens is 1. The van der Waals surface area contributed by atoms with E-state index < -0.39 is 5.97 Å².